The number of nitrogens with one attached hydrogen (secondary N) is 3. The van der Waals surface area contributed by atoms with E-state index in [9.17, 15) is 81.7 Å². The van der Waals surface area contributed by atoms with Crippen LogP contribution < -0.4 is 168 Å². The van der Waals surface area contributed by atoms with Crippen molar-refractivity contribution in [3.05, 3.63) is 66.7 Å². The molecule has 5 aromatic rings. The number of sulfone groups is 2. The van der Waals surface area contributed by atoms with Crippen LogP contribution in [0.15, 0.2) is 96.5 Å². The van der Waals surface area contributed by atoms with Crippen molar-refractivity contribution in [2.75, 3.05) is 60.1 Å². The second-order valence-corrected chi connectivity index (χ2v) is 23.9. The minimum absolute atomic E-state index is 0. The molecule has 376 valence electrons. The standard InChI is InChI=1S/C32H34N8O22S7.5Na/c1-60-27-15-20(39-40-21-14-24-25(28(16-21)66(48,49)50)17-23(65(45,46)47)18-29(24)67(51,52)53)5-6-26(27)35-32-37-30(33-7-10-63(41,42)11-8-61-68(54,55)56)36-31(38-32)34-19-3-2-4-22(13-19)64(43,44)12-9-62-69(57,58)59;;;;;/h2-6,13-18H,7-12H2,1H3,(H,45,46,47)(H,48,49,50)(H,51,52,53)(H,54,55,56)(H,57,58,59)(H3,33,34,35,36,37,38);;;;;/q;5*+1/p-5. The van der Waals surface area contributed by atoms with E-state index in [1.165, 1.54) is 37.4 Å². The minimum atomic E-state index is -5.62. The maximum absolute atomic E-state index is 12.8. The molecule has 42 heteroatoms. The molecule has 0 atom stereocenters. The number of hydrogen-bond acceptors (Lipinski definition) is 30. The molecule has 3 N–H and O–H groups in total. The molecule has 1 heterocycles. The van der Waals surface area contributed by atoms with Gasteiger partial charge in [0, 0.05) is 29.1 Å². The molecule has 0 spiro atoms. The summed E-state index contributed by atoms with van der Waals surface area (Å²) >= 11 is 0. The number of benzene rings is 4. The molecule has 30 nitrogen and oxygen atoms in total. The average molecular weight is 1220 g/mol. The fourth-order valence-corrected chi connectivity index (χ4v) is 10.4. The normalized spacial score (nSPS) is 12.2. The van der Waals surface area contributed by atoms with Crippen LogP contribution in [0, 0.1) is 0 Å². The van der Waals surface area contributed by atoms with E-state index in [1.54, 1.807) is 0 Å². The third-order valence-corrected chi connectivity index (χ3v) is 15.2. The van der Waals surface area contributed by atoms with Crippen molar-refractivity contribution in [3.63, 3.8) is 0 Å². The van der Waals surface area contributed by atoms with Crippen molar-refractivity contribution in [2.24, 2.45) is 10.2 Å². The maximum Gasteiger partial charge on any atom is 1.00 e. The first-order valence-corrected chi connectivity index (χ1v) is 28.4. The molecule has 1 aromatic heterocycles. The fourth-order valence-electron chi connectivity index (χ4n) is 5.56. The maximum atomic E-state index is 12.8. The van der Waals surface area contributed by atoms with E-state index in [2.05, 4.69) is 49.5 Å². The zero-order chi connectivity index (χ0) is 51.4. The molecule has 0 radical (unpaired) electrons. The minimum Gasteiger partial charge on any atom is -0.744 e. The summed E-state index contributed by atoms with van der Waals surface area (Å²) in [5.74, 6) is -3.49. The number of nitrogens with zero attached hydrogens (tertiary/aromatic N) is 5. The Morgan fingerprint density at radius 2 is 1.05 bits per heavy atom. The van der Waals surface area contributed by atoms with Crippen LogP contribution in [0.1, 0.15) is 0 Å². The van der Waals surface area contributed by atoms with E-state index >= 15 is 0 Å². The average Bonchev–Trinajstić information content (AvgIpc) is 3.20. The van der Waals surface area contributed by atoms with Crippen molar-refractivity contribution < 1.29 is 243 Å². The predicted octanol–water partition coefficient (Wildman–Crippen LogP) is -14.8. The van der Waals surface area contributed by atoms with Gasteiger partial charge in [-0.1, -0.05) is 6.07 Å². The number of rotatable bonds is 23. The molecule has 0 saturated heterocycles. The summed E-state index contributed by atoms with van der Waals surface area (Å²) in [7, 11) is -34.2. The van der Waals surface area contributed by atoms with Gasteiger partial charge in [-0.2, -0.15) is 25.2 Å². The Hall–Kier alpha value is -0.680. The Balaban J connectivity index is 0.0000107. The first-order valence-electron chi connectivity index (χ1n) is 18.1. The smallest absolute Gasteiger partial charge is 0.744 e. The van der Waals surface area contributed by atoms with Crippen molar-refractivity contribution >= 4 is 122 Å². The van der Waals surface area contributed by atoms with Crippen LogP contribution in [0.4, 0.5) is 40.6 Å². The van der Waals surface area contributed by atoms with E-state index in [0.29, 0.717) is 12.1 Å². The Kier molecular flexibility index (Phi) is 29.4. The summed E-state index contributed by atoms with van der Waals surface area (Å²) in [5, 5.41) is 14.2. The molecule has 74 heavy (non-hydrogen) atoms. The number of aromatic nitrogens is 3. The molecule has 0 aliphatic carbocycles. The zero-order valence-corrected chi connectivity index (χ0v) is 54.9. The number of ether oxygens (including phenoxy) is 1. The first-order chi connectivity index (χ1) is 31.7. The van der Waals surface area contributed by atoms with Crippen LogP contribution in [0.3, 0.4) is 0 Å². The van der Waals surface area contributed by atoms with Crippen LogP contribution in [-0.2, 0) is 79.2 Å². The molecular formula is C32H29N8Na5O22S7. The molecule has 5 rings (SSSR count). The Labute approximate surface area is 534 Å². The predicted molar refractivity (Wildman–Crippen MR) is 228 cm³/mol. The Bertz CT molecular complexity index is 3680. The summed E-state index contributed by atoms with van der Waals surface area (Å²) in [6, 6.07) is 10.6. The number of azo groups is 1. The van der Waals surface area contributed by atoms with Crippen LogP contribution in [0.25, 0.3) is 10.8 Å². The van der Waals surface area contributed by atoms with Gasteiger partial charge in [0.25, 0.3) is 0 Å². The van der Waals surface area contributed by atoms with Gasteiger partial charge in [0.1, 0.15) is 36.1 Å². The van der Waals surface area contributed by atoms with E-state index in [-0.39, 0.29) is 199 Å². The fraction of sp³-hybridized carbons (Fsp3) is 0.219. The van der Waals surface area contributed by atoms with E-state index in [1.807, 2.05) is 0 Å². The summed E-state index contributed by atoms with van der Waals surface area (Å²) < 4.78 is 236. The molecule has 0 unspecified atom stereocenters. The van der Waals surface area contributed by atoms with E-state index in [4.69, 9.17) is 4.74 Å². The number of fused-ring (bicyclic) bond motifs is 1. The van der Waals surface area contributed by atoms with Crippen LogP contribution in [0.2, 0.25) is 0 Å². The number of hydrogen-bond donors (Lipinski definition) is 3. The summed E-state index contributed by atoms with van der Waals surface area (Å²) in [5.41, 5.74) is -0.554. The van der Waals surface area contributed by atoms with Crippen LogP contribution >= 0.6 is 0 Å². The van der Waals surface area contributed by atoms with Gasteiger partial charge < -0.3 is 43.5 Å². The molecular weight excluding hydrogens is 1190 g/mol. The third-order valence-electron chi connectivity index (χ3n) is 8.47. The molecule has 0 aliphatic heterocycles. The van der Waals surface area contributed by atoms with Gasteiger partial charge in [-0.15, -0.1) is 0 Å². The third kappa shape index (κ3) is 22.8. The molecule has 0 amide bonds. The van der Waals surface area contributed by atoms with Crippen molar-refractivity contribution in [1.29, 1.82) is 0 Å². The van der Waals surface area contributed by atoms with Crippen LogP contribution in [-0.4, -0.2) is 141 Å². The van der Waals surface area contributed by atoms with Crippen molar-refractivity contribution in [2.45, 2.75) is 19.6 Å². The monoisotopic (exact) mass is 1220 g/mol. The molecule has 0 saturated carbocycles. The summed E-state index contributed by atoms with van der Waals surface area (Å²) in [4.78, 5) is 8.21. The van der Waals surface area contributed by atoms with Gasteiger partial charge in [0.15, 0.2) is 19.7 Å². The number of methoxy groups -OCH3 is 1. The van der Waals surface area contributed by atoms with Gasteiger partial charge in [0.2, 0.25) is 38.6 Å². The molecule has 0 bridgehead atoms. The molecule has 0 fully saturated rings. The van der Waals surface area contributed by atoms with Crippen molar-refractivity contribution in [1.82, 2.24) is 15.0 Å². The number of anilines is 5. The van der Waals surface area contributed by atoms with E-state index < -0.39 is 139 Å². The summed E-state index contributed by atoms with van der Waals surface area (Å²) in [6.45, 7) is -2.38. The Morgan fingerprint density at radius 3 is 1.61 bits per heavy atom. The summed E-state index contributed by atoms with van der Waals surface area (Å²) in [6.07, 6.45) is 0. The largest absolute Gasteiger partial charge is 1.00 e. The second-order valence-electron chi connectivity index (χ2n) is 13.3. The SMILES string of the molecule is COc1cc(N=Nc2cc(S(=O)(=O)[O-])c3cc(S(=O)(=O)[O-])cc(S(=O)(=O)[O-])c3c2)ccc1Nc1nc(NCCS(=O)(=O)CCOS(=O)(=O)[O-])nc(Nc2cccc(S(=O)(=O)CCOS(=O)(=O)[O-])c2)n1.[Na+].[Na+].[Na+].[Na+].[Na+]. The second kappa shape index (κ2) is 29.7. The van der Waals surface area contributed by atoms with Gasteiger partial charge in [-0.25, -0.2) is 58.9 Å². The molecule has 0 aliphatic rings. The topological polar surface area (TPSA) is 481 Å². The van der Waals surface area contributed by atoms with Gasteiger partial charge in [-0.3, -0.25) is 8.37 Å². The van der Waals surface area contributed by atoms with Gasteiger partial charge >= 0.3 is 148 Å². The van der Waals surface area contributed by atoms with E-state index in [0.717, 1.165) is 18.2 Å². The first kappa shape index (κ1) is 73.3. The van der Waals surface area contributed by atoms with Crippen molar-refractivity contribution in [3.8, 4) is 5.75 Å². The zero-order valence-electron chi connectivity index (χ0n) is 39.2. The van der Waals surface area contributed by atoms with Gasteiger partial charge in [-0.05, 0) is 54.6 Å². The quantitative estimate of drug-likeness (QED) is 0.0237. The van der Waals surface area contributed by atoms with Crippen LogP contribution in [0.5, 0.6) is 5.75 Å². The van der Waals surface area contributed by atoms with Gasteiger partial charge in [0.05, 0.1) is 74.2 Å². The molecule has 4 aromatic carbocycles. The Morgan fingerprint density at radius 1 is 0.527 bits per heavy atom.